The van der Waals surface area contributed by atoms with E-state index in [0.29, 0.717) is 11.3 Å². The van der Waals surface area contributed by atoms with Crippen LogP contribution in [0.2, 0.25) is 0 Å². The Labute approximate surface area is 141 Å². The summed E-state index contributed by atoms with van der Waals surface area (Å²) in [6, 6.07) is 13.8. The number of benzene rings is 2. The number of halogens is 1. The molecule has 0 aliphatic rings. The van der Waals surface area contributed by atoms with Crippen LogP contribution in [0.1, 0.15) is 15.9 Å². The van der Waals surface area contributed by atoms with Gasteiger partial charge in [-0.1, -0.05) is 15.9 Å². The fourth-order valence-electron chi connectivity index (χ4n) is 1.54. The molecule has 5 nitrogen and oxygen atoms in total. The third kappa shape index (κ3) is 4.94. The molecule has 2 aromatic carbocycles. The lowest BCUT2D eigenvalue weighted by atomic mass is 10.2. The summed E-state index contributed by atoms with van der Waals surface area (Å²) in [4.78, 5) is 12.0. The number of nitrogens with zero attached hydrogens (tertiary/aromatic N) is 1. The third-order valence-corrected chi connectivity index (χ3v) is 3.18. The van der Waals surface area contributed by atoms with Crippen LogP contribution in [0.3, 0.4) is 0 Å². The number of hydrogen-bond donors (Lipinski definition) is 2. The Morgan fingerprint density at radius 3 is 2.41 bits per heavy atom. The summed E-state index contributed by atoms with van der Waals surface area (Å²) in [5.41, 5.74) is 9.00. The largest absolute Gasteiger partial charge is 0.423 e. The van der Waals surface area contributed by atoms with Crippen molar-refractivity contribution in [2.75, 3.05) is 0 Å². The molecule has 0 unspecified atom stereocenters. The average Bonchev–Trinajstić information content (AvgIpc) is 2.49. The number of nitrogens with one attached hydrogen (secondary N) is 1. The van der Waals surface area contributed by atoms with E-state index in [0.717, 1.165) is 10.0 Å². The van der Waals surface area contributed by atoms with Gasteiger partial charge in [-0.15, -0.1) is 0 Å². The number of carbonyl (C=O) groups is 1. The predicted octanol–water partition coefficient (Wildman–Crippen LogP) is 2.84. The molecule has 112 valence electrons. The normalized spacial score (nSPS) is 10.4. The summed E-state index contributed by atoms with van der Waals surface area (Å²) in [7, 11) is 0. The Kier molecular flexibility index (Phi) is 5.62. The minimum atomic E-state index is -0.413. The molecule has 0 aliphatic heterocycles. The van der Waals surface area contributed by atoms with Gasteiger partial charge in [0.2, 0.25) is 0 Å². The second-order valence-corrected chi connectivity index (χ2v) is 5.56. The van der Waals surface area contributed by atoms with Crippen LogP contribution in [-0.4, -0.2) is 17.3 Å². The molecule has 0 aromatic heterocycles. The van der Waals surface area contributed by atoms with Gasteiger partial charge >= 0.3 is 5.97 Å². The fourth-order valence-corrected chi connectivity index (χ4v) is 1.86. The Morgan fingerprint density at radius 1 is 1.18 bits per heavy atom. The first-order chi connectivity index (χ1) is 10.5. The summed E-state index contributed by atoms with van der Waals surface area (Å²) in [6.45, 7) is 0. The third-order valence-electron chi connectivity index (χ3n) is 2.56. The predicted molar refractivity (Wildman–Crippen MR) is 93.1 cm³/mol. The molecule has 0 spiro atoms. The highest BCUT2D eigenvalue weighted by Crippen LogP contribution is 2.15. The molecule has 7 heteroatoms. The van der Waals surface area contributed by atoms with E-state index < -0.39 is 5.97 Å². The van der Waals surface area contributed by atoms with Gasteiger partial charge in [0.15, 0.2) is 5.11 Å². The molecule has 0 saturated carbocycles. The first kappa shape index (κ1) is 16.1. The zero-order valence-electron chi connectivity index (χ0n) is 11.3. The van der Waals surface area contributed by atoms with Gasteiger partial charge < -0.3 is 10.5 Å². The number of carbonyl (C=O) groups excluding carboxylic acids is 1. The van der Waals surface area contributed by atoms with E-state index in [1.54, 1.807) is 54.7 Å². The highest BCUT2D eigenvalue weighted by molar-refractivity contribution is 9.10. The van der Waals surface area contributed by atoms with Crippen molar-refractivity contribution in [2.45, 2.75) is 0 Å². The van der Waals surface area contributed by atoms with Gasteiger partial charge in [0.05, 0.1) is 11.8 Å². The van der Waals surface area contributed by atoms with E-state index in [2.05, 4.69) is 38.7 Å². The van der Waals surface area contributed by atoms with Gasteiger partial charge in [0, 0.05) is 4.47 Å². The Hall–Kier alpha value is -2.25. The Bertz CT molecular complexity index is 700. The quantitative estimate of drug-likeness (QED) is 0.281. The Balaban J connectivity index is 1.98. The molecule has 0 bridgehead atoms. The molecule has 0 radical (unpaired) electrons. The fraction of sp³-hybridized carbons (Fsp3) is 0. The highest BCUT2D eigenvalue weighted by Gasteiger charge is 2.08. The van der Waals surface area contributed by atoms with Crippen LogP contribution in [0, 0.1) is 0 Å². The number of nitrogens with two attached hydrogens (primary N) is 1. The molecular weight excluding hydrogens is 366 g/mol. The van der Waals surface area contributed by atoms with E-state index in [4.69, 9.17) is 10.5 Å². The average molecular weight is 378 g/mol. The van der Waals surface area contributed by atoms with Crippen molar-refractivity contribution in [3.05, 3.63) is 64.1 Å². The molecule has 2 aromatic rings. The van der Waals surface area contributed by atoms with Crippen LogP contribution in [0.4, 0.5) is 0 Å². The van der Waals surface area contributed by atoms with E-state index in [1.807, 2.05) is 0 Å². The van der Waals surface area contributed by atoms with Gasteiger partial charge in [0.25, 0.3) is 0 Å². The summed E-state index contributed by atoms with van der Waals surface area (Å²) in [6.07, 6.45) is 1.56. The van der Waals surface area contributed by atoms with Crippen LogP contribution < -0.4 is 15.9 Å². The van der Waals surface area contributed by atoms with Gasteiger partial charge in [0.1, 0.15) is 5.75 Å². The van der Waals surface area contributed by atoms with Crippen molar-refractivity contribution in [3.8, 4) is 5.75 Å². The maximum absolute atomic E-state index is 12.0. The standard InChI is InChI=1S/C15H12BrN3O2S/c16-12-5-3-11(4-6-12)14(20)21-13-7-1-10(2-8-13)9-18-19-15(17)22/h1-9H,(H3,17,19,22)/b18-9+. The minimum absolute atomic E-state index is 0.0938. The van der Waals surface area contributed by atoms with Gasteiger partial charge in [-0.3, -0.25) is 5.43 Å². The van der Waals surface area contributed by atoms with Crippen LogP contribution in [0.15, 0.2) is 58.1 Å². The van der Waals surface area contributed by atoms with Crippen molar-refractivity contribution >= 4 is 45.4 Å². The molecule has 0 amide bonds. The van der Waals surface area contributed by atoms with E-state index in [-0.39, 0.29) is 5.11 Å². The topological polar surface area (TPSA) is 76.7 Å². The summed E-state index contributed by atoms with van der Waals surface area (Å²) < 4.78 is 6.18. The number of hydrogen-bond acceptors (Lipinski definition) is 4. The van der Waals surface area contributed by atoms with Gasteiger partial charge in [-0.25, -0.2) is 4.79 Å². The lowest BCUT2D eigenvalue weighted by Gasteiger charge is -2.04. The number of esters is 1. The van der Waals surface area contributed by atoms with E-state index in [1.165, 1.54) is 0 Å². The molecule has 0 fully saturated rings. The van der Waals surface area contributed by atoms with Gasteiger partial charge in [-0.05, 0) is 66.3 Å². The van der Waals surface area contributed by atoms with Crippen LogP contribution >= 0.6 is 28.1 Å². The lowest BCUT2D eigenvalue weighted by Crippen LogP contribution is -2.23. The van der Waals surface area contributed by atoms with Crippen molar-refractivity contribution < 1.29 is 9.53 Å². The number of hydrazone groups is 1. The zero-order valence-corrected chi connectivity index (χ0v) is 13.7. The molecule has 0 aliphatic carbocycles. The zero-order chi connectivity index (χ0) is 15.9. The van der Waals surface area contributed by atoms with E-state index in [9.17, 15) is 4.79 Å². The minimum Gasteiger partial charge on any atom is -0.423 e. The first-order valence-corrected chi connectivity index (χ1v) is 7.41. The molecule has 3 N–H and O–H groups in total. The van der Waals surface area contributed by atoms with Crippen LogP contribution in [0.5, 0.6) is 5.75 Å². The summed E-state index contributed by atoms with van der Waals surface area (Å²) in [5, 5.41) is 3.93. The van der Waals surface area contributed by atoms with Crippen molar-refractivity contribution in [1.29, 1.82) is 0 Å². The van der Waals surface area contributed by atoms with Crippen LogP contribution in [0.25, 0.3) is 0 Å². The Morgan fingerprint density at radius 2 is 1.82 bits per heavy atom. The second kappa shape index (κ2) is 7.67. The summed E-state index contributed by atoms with van der Waals surface area (Å²) in [5.74, 6) is 0.0384. The molecule has 0 heterocycles. The van der Waals surface area contributed by atoms with E-state index >= 15 is 0 Å². The maximum atomic E-state index is 12.0. The van der Waals surface area contributed by atoms with Crippen LogP contribution in [-0.2, 0) is 0 Å². The molecular formula is C15H12BrN3O2S. The van der Waals surface area contributed by atoms with Crippen molar-refractivity contribution in [2.24, 2.45) is 10.8 Å². The number of ether oxygens (including phenoxy) is 1. The second-order valence-electron chi connectivity index (χ2n) is 4.20. The first-order valence-electron chi connectivity index (χ1n) is 6.21. The molecule has 22 heavy (non-hydrogen) atoms. The SMILES string of the molecule is NC(=S)N/N=C/c1ccc(OC(=O)c2ccc(Br)cc2)cc1. The number of thiocarbonyl (C=S) groups is 1. The highest BCUT2D eigenvalue weighted by atomic mass is 79.9. The smallest absolute Gasteiger partial charge is 0.343 e. The monoisotopic (exact) mass is 377 g/mol. The molecule has 0 saturated heterocycles. The van der Waals surface area contributed by atoms with Crippen molar-refractivity contribution in [3.63, 3.8) is 0 Å². The lowest BCUT2D eigenvalue weighted by molar-refractivity contribution is 0.0735. The van der Waals surface area contributed by atoms with Crippen molar-refractivity contribution in [1.82, 2.24) is 5.43 Å². The molecule has 0 atom stereocenters. The number of rotatable bonds is 4. The van der Waals surface area contributed by atoms with Gasteiger partial charge in [-0.2, -0.15) is 5.10 Å². The maximum Gasteiger partial charge on any atom is 0.343 e. The summed E-state index contributed by atoms with van der Waals surface area (Å²) >= 11 is 7.94. The molecule has 2 rings (SSSR count).